The standard InChI is InChI=1S/C26H30F2N6O/c1-18(26(35,15-33-17-29-16-32-33)23-9-7-21(27)12-24(23)28)34-25-10-8-22(11-20(25)14-31-34)30-13-19-5-3-2-4-6-19/h7-12,14,16-19,30,35H,2-6,13,15H2,1H3/t18-,26-/m1/s1. The van der Waals surface area contributed by atoms with E-state index in [1.165, 1.54) is 55.5 Å². The Labute approximate surface area is 202 Å². The summed E-state index contributed by atoms with van der Waals surface area (Å²) in [5.41, 5.74) is 0.0248. The number of halogens is 2. The summed E-state index contributed by atoms with van der Waals surface area (Å²) < 4.78 is 31.7. The van der Waals surface area contributed by atoms with E-state index in [9.17, 15) is 13.9 Å². The Morgan fingerprint density at radius 2 is 1.94 bits per heavy atom. The summed E-state index contributed by atoms with van der Waals surface area (Å²) in [7, 11) is 0. The van der Waals surface area contributed by atoms with Crippen LogP contribution >= 0.6 is 0 Å². The van der Waals surface area contributed by atoms with Gasteiger partial charge >= 0.3 is 0 Å². The number of nitrogens with zero attached hydrogens (tertiary/aromatic N) is 5. The molecule has 0 bridgehead atoms. The van der Waals surface area contributed by atoms with E-state index < -0.39 is 23.3 Å². The predicted molar refractivity (Wildman–Crippen MR) is 130 cm³/mol. The first-order chi connectivity index (χ1) is 16.9. The molecule has 2 aromatic heterocycles. The first-order valence-corrected chi connectivity index (χ1v) is 12.2. The molecule has 0 spiro atoms. The zero-order valence-electron chi connectivity index (χ0n) is 19.7. The van der Waals surface area contributed by atoms with Gasteiger partial charge in [0.15, 0.2) is 0 Å². The molecule has 4 aromatic rings. The maximum atomic E-state index is 14.9. The highest BCUT2D eigenvalue weighted by Crippen LogP contribution is 2.38. The molecule has 2 aromatic carbocycles. The molecular weight excluding hydrogens is 450 g/mol. The fraction of sp³-hybridized carbons (Fsp3) is 0.423. The molecule has 184 valence electrons. The number of nitrogens with one attached hydrogen (secondary N) is 1. The second-order valence-corrected chi connectivity index (χ2v) is 9.57. The van der Waals surface area contributed by atoms with Crippen molar-refractivity contribution in [3.05, 3.63) is 72.4 Å². The number of anilines is 1. The first-order valence-electron chi connectivity index (χ1n) is 12.2. The van der Waals surface area contributed by atoms with E-state index in [1.807, 2.05) is 18.2 Å². The zero-order valence-corrected chi connectivity index (χ0v) is 19.7. The van der Waals surface area contributed by atoms with Gasteiger partial charge in [0.1, 0.15) is 29.9 Å². The summed E-state index contributed by atoms with van der Waals surface area (Å²) in [4.78, 5) is 3.93. The maximum Gasteiger partial charge on any atom is 0.137 e. The van der Waals surface area contributed by atoms with Crippen molar-refractivity contribution in [1.82, 2.24) is 24.5 Å². The lowest BCUT2D eigenvalue weighted by molar-refractivity contribution is -0.0354. The molecule has 5 rings (SSSR count). The van der Waals surface area contributed by atoms with Crippen LogP contribution in [0.3, 0.4) is 0 Å². The smallest absolute Gasteiger partial charge is 0.137 e. The van der Waals surface area contributed by atoms with Crippen molar-refractivity contribution in [2.24, 2.45) is 5.92 Å². The molecule has 1 saturated carbocycles. The quantitative estimate of drug-likeness (QED) is 0.369. The number of rotatable bonds is 8. The number of hydrogen-bond donors (Lipinski definition) is 2. The van der Waals surface area contributed by atoms with E-state index in [4.69, 9.17) is 0 Å². The second-order valence-electron chi connectivity index (χ2n) is 9.57. The van der Waals surface area contributed by atoms with Crippen molar-refractivity contribution in [1.29, 1.82) is 0 Å². The van der Waals surface area contributed by atoms with Gasteiger partial charge in [0.05, 0.1) is 24.3 Å². The summed E-state index contributed by atoms with van der Waals surface area (Å²) in [6, 6.07) is 8.50. The summed E-state index contributed by atoms with van der Waals surface area (Å²) in [5, 5.41) is 25.0. The third kappa shape index (κ3) is 4.77. The van der Waals surface area contributed by atoms with Crippen molar-refractivity contribution in [2.75, 3.05) is 11.9 Å². The van der Waals surface area contributed by atoms with Crippen LogP contribution in [0.5, 0.6) is 0 Å². The molecule has 9 heteroatoms. The Bertz CT molecular complexity index is 1280. The van der Waals surface area contributed by atoms with Gasteiger partial charge in [-0.15, -0.1) is 0 Å². The molecule has 0 unspecified atom stereocenters. The van der Waals surface area contributed by atoms with Crippen molar-refractivity contribution in [2.45, 2.75) is 57.2 Å². The van der Waals surface area contributed by atoms with Gasteiger partial charge < -0.3 is 10.4 Å². The number of fused-ring (bicyclic) bond motifs is 1. The molecule has 35 heavy (non-hydrogen) atoms. The minimum absolute atomic E-state index is 0.0312. The largest absolute Gasteiger partial charge is 0.385 e. The van der Waals surface area contributed by atoms with Gasteiger partial charge in [-0.25, -0.2) is 18.4 Å². The van der Waals surface area contributed by atoms with E-state index in [0.29, 0.717) is 5.92 Å². The van der Waals surface area contributed by atoms with Crippen LogP contribution < -0.4 is 5.32 Å². The van der Waals surface area contributed by atoms with Crippen LogP contribution in [0.25, 0.3) is 10.9 Å². The number of hydrogen-bond acceptors (Lipinski definition) is 5. The van der Waals surface area contributed by atoms with Gasteiger partial charge in [0.25, 0.3) is 0 Å². The fourth-order valence-corrected chi connectivity index (χ4v) is 5.17. The first kappa shape index (κ1) is 23.4. The number of aliphatic hydroxyl groups is 1. The molecule has 0 radical (unpaired) electrons. The average Bonchev–Trinajstić information content (AvgIpc) is 3.52. The maximum absolute atomic E-state index is 14.9. The molecular formula is C26H30F2N6O. The van der Waals surface area contributed by atoms with Gasteiger partial charge in [0, 0.05) is 29.2 Å². The minimum Gasteiger partial charge on any atom is -0.385 e. The van der Waals surface area contributed by atoms with Gasteiger partial charge in [-0.3, -0.25) is 4.68 Å². The lowest BCUT2D eigenvalue weighted by Crippen LogP contribution is -2.41. The molecule has 1 fully saturated rings. The van der Waals surface area contributed by atoms with Crippen LogP contribution in [0.4, 0.5) is 14.5 Å². The highest BCUT2D eigenvalue weighted by atomic mass is 19.1. The highest BCUT2D eigenvalue weighted by molar-refractivity contribution is 5.82. The van der Waals surface area contributed by atoms with Gasteiger partial charge in [-0.05, 0) is 49.9 Å². The Kier molecular flexibility index (Phi) is 6.51. The minimum atomic E-state index is -1.78. The molecule has 0 saturated heterocycles. The van der Waals surface area contributed by atoms with Crippen LogP contribution in [-0.4, -0.2) is 36.2 Å². The lowest BCUT2D eigenvalue weighted by Gasteiger charge is -2.35. The SMILES string of the molecule is C[C@@H](n1ncc2cc(NCC3CCCCC3)ccc21)[C@](O)(Cn1cncn1)c1ccc(F)cc1F. The van der Waals surface area contributed by atoms with Gasteiger partial charge in [0.2, 0.25) is 0 Å². The summed E-state index contributed by atoms with van der Waals surface area (Å²) >= 11 is 0. The third-order valence-electron chi connectivity index (χ3n) is 7.24. The Balaban J connectivity index is 1.45. The fourth-order valence-electron chi connectivity index (χ4n) is 5.17. The number of aromatic nitrogens is 5. The molecule has 1 aliphatic rings. The van der Waals surface area contributed by atoms with Crippen LogP contribution in [0.2, 0.25) is 0 Å². The van der Waals surface area contributed by atoms with E-state index in [1.54, 1.807) is 17.8 Å². The van der Waals surface area contributed by atoms with Crippen LogP contribution in [0.15, 0.2) is 55.2 Å². The predicted octanol–water partition coefficient (Wildman–Crippen LogP) is 5.05. The molecule has 2 N–H and O–H groups in total. The zero-order chi connectivity index (χ0) is 24.4. The van der Waals surface area contributed by atoms with Crippen molar-refractivity contribution in [3.63, 3.8) is 0 Å². The van der Waals surface area contributed by atoms with Crippen LogP contribution in [0, 0.1) is 17.6 Å². The van der Waals surface area contributed by atoms with Crippen molar-refractivity contribution < 1.29 is 13.9 Å². The topological polar surface area (TPSA) is 80.8 Å². The van der Waals surface area contributed by atoms with Gasteiger partial charge in [-0.2, -0.15) is 10.2 Å². The molecule has 2 heterocycles. The summed E-state index contributed by atoms with van der Waals surface area (Å²) in [6.07, 6.45) is 11.0. The molecule has 0 amide bonds. The van der Waals surface area contributed by atoms with Crippen molar-refractivity contribution >= 4 is 16.6 Å². The lowest BCUT2D eigenvalue weighted by atomic mass is 9.86. The number of benzene rings is 2. The normalized spacial score (nSPS) is 17.4. The van der Waals surface area contributed by atoms with E-state index in [0.717, 1.165) is 35.3 Å². The molecule has 0 aliphatic heterocycles. The van der Waals surface area contributed by atoms with E-state index in [-0.39, 0.29) is 12.1 Å². The summed E-state index contributed by atoms with van der Waals surface area (Å²) in [5.74, 6) is -0.829. The highest BCUT2D eigenvalue weighted by Gasteiger charge is 2.41. The molecule has 7 nitrogen and oxygen atoms in total. The monoisotopic (exact) mass is 480 g/mol. The van der Waals surface area contributed by atoms with Crippen LogP contribution in [-0.2, 0) is 12.1 Å². The Morgan fingerprint density at radius 3 is 2.69 bits per heavy atom. The van der Waals surface area contributed by atoms with E-state index >= 15 is 0 Å². The average molecular weight is 481 g/mol. The van der Waals surface area contributed by atoms with Crippen molar-refractivity contribution in [3.8, 4) is 0 Å². The van der Waals surface area contributed by atoms with Gasteiger partial charge in [-0.1, -0.05) is 25.3 Å². The Hall–Kier alpha value is -3.33. The Morgan fingerprint density at radius 1 is 1.11 bits per heavy atom. The molecule has 2 atom stereocenters. The second kappa shape index (κ2) is 9.73. The summed E-state index contributed by atoms with van der Waals surface area (Å²) in [6.45, 7) is 2.64. The van der Waals surface area contributed by atoms with E-state index in [2.05, 4.69) is 20.5 Å². The third-order valence-corrected chi connectivity index (χ3v) is 7.24. The molecule has 1 aliphatic carbocycles. The van der Waals surface area contributed by atoms with Crippen LogP contribution in [0.1, 0.15) is 50.6 Å².